The lowest BCUT2D eigenvalue weighted by Crippen LogP contribution is -1.79. The van der Waals surface area contributed by atoms with Crippen LogP contribution in [0.2, 0.25) is 0 Å². The van der Waals surface area contributed by atoms with Crippen molar-refractivity contribution in [1.29, 1.82) is 5.26 Å². The highest BCUT2D eigenvalue weighted by Crippen LogP contribution is 2.00. The fourth-order valence-corrected chi connectivity index (χ4v) is 0.506. The number of nitrogens with zero attached hydrogens (tertiary/aromatic N) is 1. The predicted octanol–water partition coefficient (Wildman–Crippen LogP) is 2.35. The van der Waals surface area contributed by atoms with E-state index in [9.17, 15) is 0 Å². The first-order valence-electron chi connectivity index (χ1n) is 3.23. The molecular formula is C8H11NO. The molecule has 0 aliphatic rings. The summed E-state index contributed by atoms with van der Waals surface area (Å²) in [5.41, 5.74) is 0. The van der Waals surface area contributed by atoms with Crippen molar-refractivity contribution in [3.63, 3.8) is 0 Å². The van der Waals surface area contributed by atoms with Crippen LogP contribution in [0.5, 0.6) is 0 Å². The second kappa shape index (κ2) is 5.90. The maximum atomic E-state index is 8.11. The molecule has 0 rings (SSSR count). The minimum atomic E-state index is 0.546. The van der Waals surface area contributed by atoms with E-state index in [4.69, 9.17) is 5.26 Å². The van der Waals surface area contributed by atoms with Gasteiger partial charge in [-0.2, -0.15) is 0 Å². The molecule has 0 unspecified atom stereocenters. The molecule has 0 saturated carbocycles. The van der Waals surface area contributed by atoms with Crippen LogP contribution in [0, 0.1) is 11.5 Å². The largest absolute Gasteiger partial charge is 0.388 e. The van der Waals surface area contributed by atoms with Crippen molar-refractivity contribution in [2.75, 3.05) is 0 Å². The molecule has 2 heteroatoms. The van der Waals surface area contributed by atoms with Crippen molar-refractivity contribution in [2.24, 2.45) is 0 Å². The molecule has 0 aromatic carbocycles. The van der Waals surface area contributed by atoms with Gasteiger partial charge in [0.1, 0.15) is 5.76 Å². The maximum absolute atomic E-state index is 8.11. The zero-order valence-corrected chi connectivity index (χ0v) is 6.13. The average Bonchev–Trinajstić information content (AvgIpc) is 1.98. The van der Waals surface area contributed by atoms with Crippen LogP contribution in [0.15, 0.2) is 24.5 Å². The minimum Gasteiger partial charge on any atom is -0.388 e. The quantitative estimate of drug-likeness (QED) is 0.338. The van der Waals surface area contributed by atoms with Gasteiger partial charge in [-0.05, 0) is 18.6 Å². The Kier molecular flexibility index (Phi) is 5.17. The van der Waals surface area contributed by atoms with Crippen LogP contribution < -0.4 is 0 Å². The van der Waals surface area contributed by atoms with Gasteiger partial charge in [-0.3, -0.25) is 0 Å². The van der Waals surface area contributed by atoms with E-state index in [0.717, 1.165) is 12.8 Å². The van der Waals surface area contributed by atoms with Gasteiger partial charge < -0.3 is 4.74 Å². The molecule has 0 bridgehead atoms. The third-order valence-electron chi connectivity index (χ3n) is 0.999. The van der Waals surface area contributed by atoms with Crippen molar-refractivity contribution in [2.45, 2.75) is 19.8 Å². The zero-order valence-electron chi connectivity index (χ0n) is 6.13. The highest BCUT2D eigenvalue weighted by molar-refractivity contribution is 5.09. The van der Waals surface area contributed by atoms with Crippen LogP contribution in [0.1, 0.15) is 19.8 Å². The van der Waals surface area contributed by atoms with E-state index in [-0.39, 0.29) is 0 Å². The van der Waals surface area contributed by atoms with Crippen molar-refractivity contribution >= 4 is 0 Å². The van der Waals surface area contributed by atoms with Crippen molar-refractivity contribution in [3.8, 4) is 6.26 Å². The summed E-state index contributed by atoms with van der Waals surface area (Å²) >= 11 is 0. The normalized spacial score (nSPS) is 10.2. The Balaban J connectivity index is 3.81. The molecule has 0 spiro atoms. The van der Waals surface area contributed by atoms with E-state index in [1.807, 2.05) is 6.08 Å². The SMILES string of the molecule is C=C/C(=C/CCC)OC#N. The summed E-state index contributed by atoms with van der Waals surface area (Å²) in [4.78, 5) is 0. The van der Waals surface area contributed by atoms with Gasteiger partial charge in [0.25, 0.3) is 6.26 Å². The lowest BCUT2D eigenvalue weighted by molar-refractivity contribution is 0.390. The van der Waals surface area contributed by atoms with Gasteiger partial charge in [0.2, 0.25) is 0 Å². The van der Waals surface area contributed by atoms with Crippen LogP contribution >= 0.6 is 0 Å². The molecule has 0 aromatic rings. The van der Waals surface area contributed by atoms with E-state index in [2.05, 4.69) is 18.2 Å². The van der Waals surface area contributed by atoms with E-state index < -0.39 is 0 Å². The molecule has 0 heterocycles. The Hall–Kier alpha value is -1.23. The molecule has 0 fully saturated rings. The van der Waals surface area contributed by atoms with Gasteiger partial charge in [-0.25, -0.2) is 0 Å². The fraction of sp³-hybridized carbons (Fsp3) is 0.375. The average molecular weight is 137 g/mol. The lowest BCUT2D eigenvalue weighted by atomic mass is 10.3. The van der Waals surface area contributed by atoms with Gasteiger partial charge in [0, 0.05) is 0 Å². The summed E-state index contributed by atoms with van der Waals surface area (Å²) in [6.07, 6.45) is 6.93. The third-order valence-corrected chi connectivity index (χ3v) is 0.999. The fourth-order valence-electron chi connectivity index (χ4n) is 0.506. The highest BCUT2D eigenvalue weighted by atomic mass is 16.5. The van der Waals surface area contributed by atoms with Crippen molar-refractivity contribution in [3.05, 3.63) is 24.5 Å². The number of ether oxygens (including phenoxy) is 1. The molecular weight excluding hydrogens is 126 g/mol. The summed E-state index contributed by atoms with van der Waals surface area (Å²) in [7, 11) is 0. The van der Waals surface area contributed by atoms with Crippen LogP contribution in [-0.4, -0.2) is 0 Å². The molecule has 2 nitrogen and oxygen atoms in total. The second-order valence-corrected chi connectivity index (χ2v) is 1.79. The Morgan fingerprint density at radius 1 is 1.80 bits per heavy atom. The van der Waals surface area contributed by atoms with Gasteiger partial charge in [-0.1, -0.05) is 19.9 Å². The second-order valence-electron chi connectivity index (χ2n) is 1.79. The summed E-state index contributed by atoms with van der Waals surface area (Å²) in [6.45, 7) is 5.55. The Labute approximate surface area is 61.4 Å². The monoisotopic (exact) mass is 137 g/mol. The summed E-state index contributed by atoms with van der Waals surface area (Å²) in [5, 5.41) is 8.11. The molecule has 0 aliphatic carbocycles. The van der Waals surface area contributed by atoms with Gasteiger partial charge >= 0.3 is 0 Å². The maximum Gasteiger partial charge on any atom is 0.292 e. The Morgan fingerprint density at radius 3 is 2.90 bits per heavy atom. The predicted molar refractivity (Wildman–Crippen MR) is 39.9 cm³/mol. The number of unbranched alkanes of at least 4 members (excludes halogenated alkanes) is 1. The van der Waals surface area contributed by atoms with Gasteiger partial charge in [-0.15, -0.1) is 5.26 Å². The smallest absolute Gasteiger partial charge is 0.292 e. The molecule has 0 amide bonds. The number of allylic oxidation sites excluding steroid dienone is 2. The van der Waals surface area contributed by atoms with Crippen LogP contribution in [0.25, 0.3) is 0 Å². The van der Waals surface area contributed by atoms with Gasteiger partial charge in [0.15, 0.2) is 0 Å². The lowest BCUT2D eigenvalue weighted by Gasteiger charge is -1.93. The van der Waals surface area contributed by atoms with E-state index in [0.29, 0.717) is 5.76 Å². The summed E-state index contributed by atoms with van der Waals surface area (Å²) in [6, 6.07) is 0. The summed E-state index contributed by atoms with van der Waals surface area (Å²) < 4.78 is 4.54. The van der Waals surface area contributed by atoms with Crippen LogP contribution in [0.4, 0.5) is 0 Å². The standard InChI is InChI=1S/C8H11NO/c1-3-5-6-8(4-2)10-7-9/h4,6H,2-3,5H2,1H3/b8-6-. The number of hydrogen-bond donors (Lipinski definition) is 0. The molecule has 0 aromatic heterocycles. The first-order chi connectivity index (χ1) is 4.85. The Bertz CT molecular complexity index is 165. The molecule has 0 aliphatic heterocycles. The molecule has 0 saturated heterocycles. The molecule has 54 valence electrons. The first kappa shape index (κ1) is 8.77. The first-order valence-corrected chi connectivity index (χ1v) is 3.23. The van der Waals surface area contributed by atoms with Gasteiger partial charge in [0.05, 0.1) is 0 Å². The van der Waals surface area contributed by atoms with E-state index >= 15 is 0 Å². The molecule has 0 N–H and O–H groups in total. The summed E-state index contributed by atoms with van der Waals surface area (Å²) in [5.74, 6) is 0.546. The highest BCUT2D eigenvalue weighted by Gasteiger charge is 1.87. The third kappa shape index (κ3) is 3.73. The molecule has 10 heavy (non-hydrogen) atoms. The number of hydrogen-bond acceptors (Lipinski definition) is 2. The molecule has 0 radical (unpaired) electrons. The van der Waals surface area contributed by atoms with Crippen LogP contribution in [-0.2, 0) is 4.74 Å². The number of rotatable bonds is 4. The van der Waals surface area contributed by atoms with E-state index in [1.54, 1.807) is 6.26 Å². The van der Waals surface area contributed by atoms with E-state index in [1.165, 1.54) is 6.08 Å². The number of nitriles is 1. The topological polar surface area (TPSA) is 33.0 Å². The minimum absolute atomic E-state index is 0.546. The van der Waals surface area contributed by atoms with Crippen molar-refractivity contribution < 1.29 is 4.74 Å². The Morgan fingerprint density at radius 2 is 2.50 bits per heavy atom. The zero-order chi connectivity index (χ0) is 7.82. The molecule has 0 atom stereocenters. The van der Waals surface area contributed by atoms with Crippen molar-refractivity contribution in [1.82, 2.24) is 0 Å². The van der Waals surface area contributed by atoms with Crippen LogP contribution in [0.3, 0.4) is 0 Å².